The van der Waals surface area contributed by atoms with Gasteiger partial charge in [-0.15, -0.1) is 10.2 Å². The molecule has 6 nitrogen and oxygen atoms in total. The van der Waals surface area contributed by atoms with Crippen molar-refractivity contribution in [2.45, 2.75) is 13.8 Å². The highest BCUT2D eigenvalue weighted by atomic mass is 16.2. The standard InChI is InChI=1S/C20H17N5O/c1-13-7-9-15(10-8-13)19-14(2)18(16-5-3-4-6-17(16)23-19)20(26)24-25-11-21-22-12-25/h3-12H,1-2H3,(H,24,26). The van der Waals surface area contributed by atoms with Crippen LogP contribution in [0.25, 0.3) is 22.2 Å². The van der Waals surface area contributed by atoms with Gasteiger partial charge in [-0.3, -0.25) is 10.2 Å². The zero-order valence-electron chi connectivity index (χ0n) is 14.5. The van der Waals surface area contributed by atoms with E-state index in [0.29, 0.717) is 5.56 Å². The van der Waals surface area contributed by atoms with Crippen molar-refractivity contribution >= 4 is 16.8 Å². The summed E-state index contributed by atoms with van der Waals surface area (Å²) in [5.74, 6) is -0.228. The zero-order chi connectivity index (χ0) is 18.1. The lowest BCUT2D eigenvalue weighted by atomic mass is 9.97. The minimum absolute atomic E-state index is 0.228. The highest BCUT2D eigenvalue weighted by Crippen LogP contribution is 2.29. The maximum atomic E-state index is 13.0. The molecular weight excluding hydrogens is 326 g/mol. The molecule has 2 heterocycles. The first kappa shape index (κ1) is 16.0. The van der Waals surface area contributed by atoms with Crippen molar-refractivity contribution in [3.8, 4) is 11.3 Å². The molecule has 0 spiro atoms. The zero-order valence-corrected chi connectivity index (χ0v) is 14.5. The van der Waals surface area contributed by atoms with Gasteiger partial charge >= 0.3 is 0 Å². The number of nitrogens with zero attached hydrogens (tertiary/aromatic N) is 4. The lowest BCUT2D eigenvalue weighted by molar-refractivity contribution is 0.101. The van der Waals surface area contributed by atoms with Crippen molar-refractivity contribution in [1.82, 2.24) is 19.9 Å². The second-order valence-electron chi connectivity index (χ2n) is 6.15. The third kappa shape index (κ3) is 2.82. The Morgan fingerprint density at radius 2 is 1.65 bits per heavy atom. The summed E-state index contributed by atoms with van der Waals surface area (Å²) in [6, 6.07) is 15.8. The Morgan fingerprint density at radius 3 is 2.38 bits per heavy atom. The molecule has 1 N–H and O–H groups in total. The molecule has 0 unspecified atom stereocenters. The average molecular weight is 343 g/mol. The molecule has 0 fully saturated rings. The molecule has 6 heteroatoms. The molecule has 26 heavy (non-hydrogen) atoms. The van der Waals surface area contributed by atoms with Gasteiger partial charge in [0.05, 0.1) is 16.8 Å². The summed E-state index contributed by atoms with van der Waals surface area (Å²) in [4.78, 5) is 17.8. The fraction of sp³-hybridized carbons (Fsp3) is 0.100. The molecule has 1 amide bonds. The normalized spacial score (nSPS) is 10.8. The first-order chi connectivity index (χ1) is 12.6. The number of amides is 1. The molecule has 0 aliphatic carbocycles. The summed E-state index contributed by atoms with van der Waals surface area (Å²) in [5.41, 5.74) is 7.96. The Bertz CT molecular complexity index is 1090. The Balaban J connectivity index is 1.91. The molecule has 0 radical (unpaired) electrons. The first-order valence-corrected chi connectivity index (χ1v) is 8.26. The largest absolute Gasteiger partial charge is 0.271 e. The van der Waals surface area contributed by atoms with E-state index in [0.717, 1.165) is 27.7 Å². The molecule has 4 aromatic rings. The fourth-order valence-corrected chi connectivity index (χ4v) is 3.02. The number of fused-ring (bicyclic) bond motifs is 1. The van der Waals surface area contributed by atoms with E-state index >= 15 is 0 Å². The molecule has 0 saturated heterocycles. The van der Waals surface area contributed by atoms with Gasteiger partial charge in [-0.1, -0.05) is 48.0 Å². The highest BCUT2D eigenvalue weighted by molar-refractivity contribution is 6.12. The van der Waals surface area contributed by atoms with E-state index in [1.165, 1.54) is 22.9 Å². The van der Waals surface area contributed by atoms with Gasteiger partial charge < -0.3 is 0 Å². The number of carbonyl (C=O) groups excluding carboxylic acids is 1. The number of benzene rings is 2. The Hall–Kier alpha value is -3.54. The Kier molecular flexibility index (Phi) is 3.93. The van der Waals surface area contributed by atoms with Crippen LogP contribution in [0.3, 0.4) is 0 Å². The number of aromatic nitrogens is 4. The quantitative estimate of drug-likeness (QED) is 0.618. The number of aryl methyl sites for hydroxylation is 1. The van der Waals surface area contributed by atoms with Crippen LogP contribution in [-0.2, 0) is 0 Å². The maximum Gasteiger partial charge on any atom is 0.271 e. The summed E-state index contributed by atoms with van der Waals surface area (Å²) in [6.07, 6.45) is 2.88. The van der Waals surface area contributed by atoms with E-state index in [2.05, 4.69) is 15.6 Å². The Morgan fingerprint density at radius 1 is 0.962 bits per heavy atom. The lowest BCUT2D eigenvalue weighted by Gasteiger charge is -2.15. The third-order valence-corrected chi connectivity index (χ3v) is 4.34. The van der Waals surface area contributed by atoms with Crippen LogP contribution >= 0.6 is 0 Å². The number of pyridine rings is 1. The summed E-state index contributed by atoms with van der Waals surface area (Å²) in [7, 11) is 0. The van der Waals surface area contributed by atoms with Crippen molar-refractivity contribution in [1.29, 1.82) is 0 Å². The van der Waals surface area contributed by atoms with Crippen LogP contribution in [0.15, 0.2) is 61.2 Å². The van der Waals surface area contributed by atoms with Crippen LogP contribution in [0.5, 0.6) is 0 Å². The molecule has 0 aliphatic heterocycles. The predicted molar refractivity (Wildman–Crippen MR) is 100 cm³/mol. The summed E-state index contributed by atoms with van der Waals surface area (Å²) >= 11 is 0. The van der Waals surface area contributed by atoms with Gasteiger partial charge in [-0.05, 0) is 25.5 Å². The third-order valence-electron chi connectivity index (χ3n) is 4.34. The van der Waals surface area contributed by atoms with Crippen LogP contribution in [-0.4, -0.2) is 25.8 Å². The van der Waals surface area contributed by atoms with Gasteiger partial charge in [-0.25, -0.2) is 9.66 Å². The molecule has 128 valence electrons. The van der Waals surface area contributed by atoms with Crippen molar-refractivity contribution in [3.63, 3.8) is 0 Å². The van der Waals surface area contributed by atoms with Crippen LogP contribution < -0.4 is 5.43 Å². The fourth-order valence-electron chi connectivity index (χ4n) is 3.02. The van der Waals surface area contributed by atoms with E-state index in [-0.39, 0.29) is 5.91 Å². The van der Waals surface area contributed by atoms with E-state index in [1.54, 1.807) is 0 Å². The summed E-state index contributed by atoms with van der Waals surface area (Å²) < 4.78 is 1.43. The monoisotopic (exact) mass is 343 g/mol. The second-order valence-corrected chi connectivity index (χ2v) is 6.15. The van der Waals surface area contributed by atoms with E-state index in [9.17, 15) is 4.79 Å². The van der Waals surface area contributed by atoms with Crippen molar-refractivity contribution in [2.75, 3.05) is 5.43 Å². The van der Waals surface area contributed by atoms with Gasteiger partial charge in [0.25, 0.3) is 5.91 Å². The molecule has 4 rings (SSSR count). The number of rotatable bonds is 3. The SMILES string of the molecule is Cc1ccc(-c2nc3ccccc3c(C(=O)Nn3cnnc3)c2C)cc1. The van der Waals surface area contributed by atoms with Crippen LogP contribution in [0, 0.1) is 13.8 Å². The summed E-state index contributed by atoms with van der Waals surface area (Å²) in [5, 5.41) is 8.24. The van der Waals surface area contributed by atoms with Gasteiger partial charge in [0.1, 0.15) is 12.7 Å². The van der Waals surface area contributed by atoms with Crippen molar-refractivity contribution in [2.24, 2.45) is 0 Å². The molecule has 2 aromatic heterocycles. The number of carbonyl (C=O) groups is 1. The van der Waals surface area contributed by atoms with E-state index in [1.807, 2.05) is 62.4 Å². The predicted octanol–water partition coefficient (Wildman–Crippen LogP) is 3.49. The molecular formula is C20H17N5O. The van der Waals surface area contributed by atoms with Crippen LogP contribution in [0.1, 0.15) is 21.5 Å². The topological polar surface area (TPSA) is 72.7 Å². The van der Waals surface area contributed by atoms with Crippen LogP contribution in [0.2, 0.25) is 0 Å². The van der Waals surface area contributed by atoms with Crippen molar-refractivity contribution in [3.05, 3.63) is 77.9 Å². The minimum atomic E-state index is -0.228. The second kappa shape index (κ2) is 6.40. The number of para-hydroxylation sites is 1. The molecule has 0 atom stereocenters. The number of nitrogens with one attached hydrogen (secondary N) is 1. The van der Waals surface area contributed by atoms with Gasteiger partial charge in [0, 0.05) is 10.9 Å². The first-order valence-electron chi connectivity index (χ1n) is 8.26. The van der Waals surface area contributed by atoms with E-state index in [4.69, 9.17) is 4.98 Å². The summed E-state index contributed by atoms with van der Waals surface area (Å²) in [6.45, 7) is 3.97. The minimum Gasteiger partial charge on any atom is -0.267 e. The highest BCUT2D eigenvalue weighted by Gasteiger charge is 2.19. The Labute approximate surface area is 150 Å². The lowest BCUT2D eigenvalue weighted by Crippen LogP contribution is -2.23. The molecule has 0 saturated carbocycles. The molecule has 0 bridgehead atoms. The molecule has 2 aromatic carbocycles. The van der Waals surface area contributed by atoms with Gasteiger partial charge in [-0.2, -0.15) is 0 Å². The maximum absolute atomic E-state index is 13.0. The number of hydrogen-bond donors (Lipinski definition) is 1. The average Bonchev–Trinajstić information content (AvgIpc) is 3.15. The number of hydrogen-bond acceptors (Lipinski definition) is 4. The van der Waals surface area contributed by atoms with Crippen molar-refractivity contribution < 1.29 is 4.79 Å². The van der Waals surface area contributed by atoms with E-state index < -0.39 is 0 Å². The van der Waals surface area contributed by atoms with Gasteiger partial charge in [0.15, 0.2) is 0 Å². The molecule has 0 aliphatic rings. The van der Waals surface area contributed by atoms with Crippen LogP contribution in [0.4, 0.5) is 0 Å². The van der Waals surface area contributed by atoms with Gasteiger partial charge in [0.2, 0.25) is 0 Å². The smallest absolute Gasteiger partial charge is 0.267 e.